The molecule has 5 nitrogen and oxygen atoms in total. The smallest absolute Gasteiger partial charge is 0.234 e. The number of benzene rings is 1. The molecular formula is C14H14Cl2N4OS. The number of carbonyl (C=O) groups excluding carboxylic acids is 1. The molecule has 3 rings (SSSR count). The zero-order valence-electron chi connectivity index (χ0n) is 11.8. The first-order valence-corrected chi connectivity index (χ1v) is 8.55. The molecule has 0 saturated heterocycles. The highest BCUT2D eigenvalue weighted by Gasteiger charge is 2.29. The minimum atomic E-state index is -0.148. The minimum Gasteiger partial charge on any atom is -0.324 e. The lowest BCUT2D eigenvalue weighted by Crippen LogP contribution is -2.14. The molecule has 1 aromatic heterocycles. The Morgan fingerprint density at radius 1 is 1.41 bits per heavy atom. The SMILES string of the molecule is Cn1c(SCC(=O)Nc2ccc(Cl)cc2Cl)nnc1C1CC1. The van der Waals surface area contributed by atoms with Crippen LogP contribution in [0.5, 0.6) is 0 Å². The van der Waals surface area contributed by atoms with E-state index < -0.39 is 0 Å². The molecule has 0 unspecified atom stereocenters. The van der Waals surface area contributed by atoms with Gasteiger partial charge in [-0.3, -0.25) is 4.79 Å². The average Bonchev–Trinajstić information content (AvgIpc) is 3.24. The summed E-state index contributed by atoms with van der Waals surface area (Å²) in [5, 5.41) is 12.8. The number of hydrogen-bond acceptors (Lipinski definition) is 4. The lowest BCUT2D eigenvalue weighted by atomic mass is 10.3. The van der Waals surface area contributed by atoms with Gasteiger partial charge in [-0.15, -0.1) is 10.2 Å². The molecule has 2 aromatic rings. The van der Waals surface area contributed by atoms with Gasteiger partial charge in [-0.05, 0) is 31.0 Å². The summed E-state index contributed by atoms with van der Waals surface area (Å²) in [6.07, 6.45) is 2.35. The van der Waals surface area contributed by atoms with E-state index in [1.807, 2.05) is 11.6 Å². The van der Waals surface area contributed by atoms with E-state index in [2.05, 4.69) is 15.5 Å². The number of nitrogens with zero attached hydrogens (tertiary/aromatic N) is 3. The van der Waals surface area contributed by atoms with Crippen molar-refractivity contribution in [3.05, 3.63) is 34.1 Å². The highest BCUT2D eigenvalue weighted by molar-refractivity contribution is 7.99. The summed E-state index contributed by atoms with van der Waals surface area (Å²) in [4.78, 5) is 12.0. The molecule has 1 aromatic carbocycles. The van der Waals surface area contributed by atoms with Crippen molar-refractivity contribution in [2.24, 2.45) is 7.05 Å². The highest BCUT2D eigenvalue weighted by Crippen LogP contribution is 2.39. The van der Waals surface area contributed by atoms with Crippen molar-refractivity contribution >= 4 is 46.6 Å². The van der Waals surface area contributed by atoms with Crippen LogP contribution in [0.3, 0.4) is 0 Å². The van der Waals surface area contributed by atoms with Gasteiger partial charge in [-0.2, -0.15) is 0 Å². The van der Waals surface area contributed by atoms with E-state index >= 15 is 0 Å². The fourth-order valence-corrected chi connectivity index (χ4v) is 3.23. The van der Waals surface area contributed by atoms with E-state index in [0.29, 0.717) is 21.7 Å². The number of halogens is 2. The maximum Gasteiger partial charge on any atom is 0.234 e. The van der Waals surface area contributed by atoms with Crippen LogP contribution in [-0.4, -0.2) is 26.4 Å². The highest BCUT2D eigenvalue weighted by atomic mass is 35.5. The summed E-state index contributed by atoms with van der Waals surface area (Å²) >= 11 is 13.2. The molecule has 22 heavy (non-hydrogen) atoms. The van der Waals surface area contributed by atoms with E-state index in [9.17, 15) is 4.79 Å². The number of carbonyl (C=O) groups is 1. The molecular weight excluding hydrogens is 343 g/mol. The van der Waals surface area contributed by atoms with E-state index in [1.54, 1.807) is 18.2 Å². The molecule has 0 atom stereocenters. The predicted molar refractivity (Wildman–Crippen MR) is 88.8 cm³/mol. The number of hydrogen-bond donors (Lipinski definition) is 1. The Morgan fingerprint density at radius 2 is 2.18 bits per heavy atom. The number of amides is 1. The second-order valence-corrected chi connectivity index (χ2v) is 6.92. The summed E-state index contributed by atoms with van der Waals surface area (Å²) in [6, 6.07) is 4.96. The maximum absolute atomic E-state index is 12.0. The Hall–Kier alpha value is -1.24. The number of rotatable bonds is 5. The molecule has 1 N–H and O–H groups in total. The van der Waals surface area contributed by atoms with Crippen LogP contribution in [0.25, 0.3) is 0 Å². The van der Waals surface area contributed by atoms with Crippen LogP contribution >= 0.6 is 35.0 Å². The molecule has 8 heteroatoms. The number of anilines is 1. The molecule has 0 spiro atoms. The lowest BCUT2D eigenvalue weighted by Gasteiger charge is -2.07. The zero-order chi connectivity index (χ0) is 15.7. The van der Waals surface area contributed by atoms with E-state index in [4.69, 9.17) is 23.2 Å². The third-order valence-electron chi connectivity index (χ3n) is 3.35. The van der Waals surface area contributed by atoms with Gasteiger partial charge < -0.3 is 9.88 Å². The van der Waals surface area contributed by atoms with Gasteiger partial charge >= 0.3 is 0 Å². The third-order valence-corrected chi connectivity index (χ3v) is 4.92. The molecule has 1 amide bonds. The van der Waals surface area contributed by atoms with Crippen molar-refractivity contribution in [1.82, 2.24) is 14.8 Å². The van der Waals surface area contributed by atoms with Crippen LogP contribution in [0, 0.1) is 0 Å². The van der Waals surface area contributed by atoms with E-state index in [0.717, 1.165) is 11.0 Å². The van der Waals surface area contributed by atoms with Crippen LogP contribution in [0.1, 0.15) is 24.6 Å². The van der Waals surface area contributed by atoms with Crippen molar-refractivity contribution in [1.29, 1.82) is 0 Å². The number of aromatic nitrogens is 3. The van der Waals surface area contributed by atoms with Gasteiger partial charge in [0.1, 0.15) is 5.82 Å². The van der Waals surface area contributed by atoms with Crippen molar-refractivity contribution < 1.29 is 4.79 Å². The molecule has 1 fully saturated rings. The maximum atomic E-state index is 12.0. The summed E-state index contributed by atoms with van der Waals surface area (Å²) in [5.74, 6) is 1.64. The van der Waals surface area contributed by atoms with Crippen LogP contribution < -0.4 is 5.32 Å². The largest absolute Gasteiger partial charge is 0.324 e. The van der Waals surface area contributed by atoms with E-state index in [-0.39, 0.29) is 11.7 Å². The van der Waals surface area contributed by atoms with Gasteiger partial charge in [0.15, 0.2) is 5.16 Å². The Morgan fingerprint density at radius 3 is 2.86 bits per heavy atom. The van der Waals surface area contributed by atoms with Crippen LogP contribution in [-0.2, 0) is 11.8 Å². The van der Waals surface area contributed by atoms with Crippen LogP contribution in [0.4, 0.5) is 5.69 Å². The normalized spacial score (nSPS) is 14.1. The van der Waals surface area contributed by atoms with Crippen molar-refractivity contribution in [3.8, 4) is 0 Å². The van der Waals surface area contributed by atoms with Crippen LogP contribution in [0.15, 0.2) is 23.4 Å². The second kappa shape index (κ2) is 6.48. The Bertz CT molecular complexity index is 715. The Kier molecular flexibility index (Phi) is 4.61. The van der Waals surface area contributed by atoms with E-state index in [1.165, 1.54) is 24.6 Å². The molecule has 1 aliphatic rings. The third kappa shape index (κ3) is 3.56. The first-order chi connectivity index (χ1) is 10.5. The van der Waals surface area contributed by atoms with Gasteiger partial charge in [-0.25, -0.2) is 0 Å². The minimum absolute atomic E-state index is 0.148. The zero-order valence-corrected chi connectivity index (χ0v) is 14.2. The van der Waals surface area contributed by atoms with Crippen LogP contribution in [0.2, 0.25) is 10.0 Å². The molecule has 1 saturated carbocycles. The fraction of sp³-hybridized carbons (Fsp3) is 0.357. The number of thioether (sulfide) groups is 1. The summed E-state index contributed by atoms with van der Waals surface area (Å²) in [5.41, 5.74) is 0.549. The summed E-state index contributed by atoms with van der Waals surface area (Å²) in [7, 11) is 1.93. The van der Waals surface area contributed by atoms with Gasteiger partial charge in [0.25, 0.3) is 0 Å². The van der Waals surface area contributed by atoms with Crippen molar-refractivity contribution in [3.63, 3.8) is 0 Å². The summed E-state index contributed by atoms with van der Waals surface area (Å²) in [6.45, 7) is 0. The fourth-order valence-electron chi connectivity index (χ4n) is 2.06. The summed E-state index contributed by atoms with van der Waals surface area (Å²) < 4.78 is 1.96. The molecule has 1 heterocycles. The Labute approximate surface area is 142 Å². The molecule has 1 aliphatic carbocycles. The van der Waals surface area contributed by atoms with Gasteiger partial charge in [0, 0.05) is 18.0 Å². The molecule has 0 radical (unpaired) electrons. The first kappa shape index (κ1) is 15.6. The van der Waals surface area contributed by atoms with Crippen molar-refractivity contribution in [2.45, 2.75) is 23.9 Å². The quantitative estimate of drug-likeness (QED) is 0.829. The topological polar surface area (TPSA) is 59.8 Å². The van der Waals surface area contributed by atoms with Gasteiger partial charge in [0.2, 0.25) is 5.91 Å². The Balaban J connectivity index is 1.58. The molecule has 116 valence electrons. The second-order valence-electron chi connectivity index (χ2n) is 5.14. The van der Waals surface area contributed by atoms with Gasteiger partial charge in [-0.1, -0.05) is 35.0 Å². The molecule has 0 aliphatic heterocycles. The predicted octanol–water partition coefficient (Wildman–Crippen LogP) is 3.73. The first-order valence-electron chi connectivity index (χ1n) is 6.81. The van der Waals surface area contributed by atoms with Gasteiger partial charge in [0.05, 0.1) is 16.5 Å². The standard InChI is InChI=1S/C14H14Cl2N4OS/c1-20-13(8-2-3-8)18-19-14(20)22-7-12(21)17-11-5-4-9(15)6-10(11)16/h4-6,8H,2-3,7H2,1H3,(H,17,21). The lowest BCUT2D eigenvalue weighted by molar-refractivity contribution is -0.113. The monoisotopic (exact) mass is 356 g/mol. The number of nitrogens with one attached hydrogen (secondary N) is 1. The average molecular weight is 357 g/mol. The molecule has 0 bridgehead atoms. The van der Waals surface area contributed by atoms with Crippen molar-refractivity contribution in [2.75, 3.05) is 11.1 Å².